The highest BCUT2D eigenvalue weighted by molar-refractivity contribution is 5.55. The predicted octanol–water partition coefficient (Wildman–Crippen LogP) is 3.84. The molecule has 0 fully saturated rings. The third-order valence-corrected chi connectivity index (χ3v) is 3.97. The van der Waals surface area contributed by atoms with Gasteiger partial charge in [0.05, 0.1) is 7.11 Å². The first-order valence-corrected chi connectivity index (χ1v) is 7.34. The maximum Gasteiger partial charge on any atom is 0.118 e. The lowest BCUT2D eigenvalue weighted by Gasteiger charge is -2.18. The minimum Gasteiger partial charge on any atom is -0.497 e. The van der Waals surface area contributed by atoms with E-state index in [1.165, 1.54) is 35.2 Å². The Hall–Kier alpha value is -1.96. The number of hydrogen-bond acceptors (Lipinski definition) is 2. The van der Waals surface area contributed by atoms with Crippen LogP contribution >= 0.6 is 0 Å². The van der Waals surface area contributed by atoms with Crippen molar-refractivity contribution in [3.05, 3.63) is 59.2 Å². The van der Waals surface area contributed by atoms with Crippen LogP contribution in [0.2, 0.25) is 0 Å². The SMILES string of the molecule is COc1ccc(CCc2ccc3c(c2)NCCC3)cc1. The van der Waals surface area contributed by atoms with E-state index in [0.29, 0.717) is 0 Å². The van der Waals surface area contributed by atoms with E-state index in [1.807, 2.05) is 12.1 Å². The van der Waals surface area contributed by atoms with Crippen LogP contribution in [0.5, 0.6) is 5.75 Å². The molecule has 2 nitrogen and oxygen atoms in total. The molecule has 0 unspecified atom stereocenters. The van der Waals surface area contributed by atoms with Crippen molar-refractivity contribution in [1.29, 1.82) is 0 Å². The molecule has 3 rings (SSSR count). The summed E-state index contributed by atoms with van der Waals surface area (Å²) in [7, 11) is 1.70. The van der Waals surface area contributed by atoms with Gasteiger partial charge in [-0.2, -0.15) is 0 Å². The second kappa shape index (κ2) is 6.00. The van der Waals surface area contributed by atoms with Crippen LogP contribution in [-0.4, -0.2) is 13.7 Å². The molecule has 0 saturated carbocycles. The number of ether oxygens (including phenoxy) is 1. The van der Waals surface area contributed by atoms with E-state index < -0.39 is 0 Å². The molecule has 104 valence electrons. The Morgan fingerprint density at radius 3 is 2.55 bits per heavy atom. The van der Waals surface area contributed by atoms with Crippen molar-refractivity contribution < 1.29 is 4.74 Å². The second-order valence-electron chi connectivity index (χ2n) is 5.37. The highest BCUT2D eigenvalue weighted by Gasteiger charge is 2.08. The van der Waals surface area contributed by atoms with Crippen LogP contribution in [0.4, 0.5) is 5.69 Å². The van der Waals surface area contributed by atoms with Crippen molar-refractivity contribution in [2.24, 2.45) is 0 Å². The van der Waals surface area contributed by atoms with Gasteiger partial charge in [0.15, 0.2) is 0 Å². The highest BCUT2D eigenvalue weighted by atomic mass is 16.5. The number of nitrogens with one attached hydrogen (secondary N) is 1. The fourth-order valence-corrected chi connectivity index (χ4v) is 2.74. The van der Waals surface area contributed by atoms with Gasteiger partial charge in [-0.05, 0) is 60.6 Å². The summed E-state index contributed by atoms with van der Waals surface area (Å²) >= 11 is 0. The molecule has 0 spiro atoms. The smallest absolute Gasteiger partial charge is 0.118 e. The van der Waals surface area contributed by atoms with Crippen molar-refractivity contribution in [2.45, 2.75) is 25.7 Å². The number of anilines is 1. The molecule has 2 aromatic rings. The molecule has 0 aromatic heterocycles. The first-order valence-electron chi connectivity index (χ1n) is 7.34. The van der Waals surface area contributed by atoms with Gasteiger partial charge in [0.2, 0.25) is 0 Å². The van der Waals surface area contributed by atoms with E-state index in [2.05, 4.69) is 35.6 Å². The van der Waals surface area contributed by atoms with Gasteiger partial charge in [0.25, 0.3) is 0 Å². The Labute approximate surface area is 120 Å². The summed E-state index contributed by atoms with van der Waals surface area (Å²) in [5, 5.41) is 3.50. The summed E-state index contributed by atoms with van der Waals surface area (Å²) in [5.41, 5.74) is 5.57. The minimum atomic E-state index is 0.923. The Bertz CT molecular complexity index is 574. The fourth-order valence-electron chi connectivity index (χ4n) is 2.74. The van der Waals surface area contributed by atoms with Gasteiger partial charge in [0.1, 0.15) is 5.75 Å². The molecule has 0 atom stereocenters. The number of aryl methyl sites for hydroxylation is 3. The lowest BCUT2D eigenvalue weighted by atomic mass is 9.98. The van der Waals surface area contributed by atoms with Crippen molar-refractivity contribution in [2.75, 3.05) is 19.0 Å². The van der Waals surface area contributed by atoms with Gasteiger partial charge in [-0.15, -0.1) is 0 Å². The van der Waals surface area contributed by atoms with E-state index in [0.717, 1.165) is 25.1 Å². The number of benzene rings is 2. The van der Waals surface area contributed by atoms with Gasteiger partial charge in [-0.1, -0.05) is 24.3 Å². The molecular weight excluding hydrogens is 246 g/mol. The van der Waals surface area contributed by atoms with Gasteiger partial charge in [-0.3, -0.25) is 0 Å². The Balaban J connectivity index is 1.65. The number of methoxy groups -OCH3 is 1. The van der Waals surface area contributed by atoms with Crippen LogP contribution in [0, 0.1) is 0 Å². The van der Waals surface area contributed by atoms with Crippen molar-refractivity contribution in [3.63, 3.8) is 0 Å². The average Bonchev–Trinajstić information content (AvgIpc) is 2.53. The van der Waals surface area contributed by atoms with E-state index in [4.69, 9.17) is 4.74 Å². The van der Waals surface area contributed by atoms with Crippen LogP contribution < -0.4 is 10.1 Å². The molecule has 1 heterocycles. The average molecular weight is 267 g/mol. The third-order valence-electron chi connectivity index (χ3n) is 3.97. The zero-order valence-corrected chi connectivity index (χ0v) is 12.0. The normalized spacial score (nSPS) is 13.4. The molecule has 20 heavy (non-hydrogen) atoms. The van der Waals surface area contributed by atoms with E-state index in [9.17, 15) is 0 Å². The minimum absolute atomic E-state index is 0.923. The first kappa shape index (κ1) is 13.0. The number of hydrogen-bond donors (Lipinski definition) is 1. The summed E-state index contributed by atoms with van der Waals surface area (Å²) in [4.78, 5) is 0. The van der Waals surface area contributed by atoms with E-state index in [1.54, 1.807) is 7.11 Å². The molecule has 0 radical (unpaired) electrons. The summed E-state index contributed by atoms with van der Waals surface area (Å²) in [6, 6.07) is 15.2. The van der Waals surface area contributed by atoms with Crippen LogP contribution in [-0.2, 0) is 19.3 Å². The monoisotopic (exact) mass is 267 g/mol. The molecule has 0 aliphatic carbocycles. The van der Waals surface area contributed by atoms with Gasteiger partial charge < -0.3 is 10.1 Å². The Kier molecular flexibility index (Phi) is 3.91. The molecular formula is C18H21NO. The predicted molar refractivity (Wildman–Crippen MR) is 83.7 cm³/mol. The summed E-state index contributed by atoms with van der Waals surface area (Å²) < 4.78 is 5.19. The van der Waals surface area contributed by atoms with Gasteiger partial charge in [-0.25, -0.2) is 0 Å². The molecule has 1 aliphatic heterocycles. The summed E-state index contributed by atoms with van der Waals surface area (Å²) in [5.74, 6) is 0.923. The lowest BCUT2D eigenvalue weighted by Crippen LogP contribution is -2.11. The van der Waals surface area contributed by atoms with Crippen molar-refractivity contribution in [1.82, 2.24) is 0 Å². The maximum atomic E-state index is 5.19. The van der Waals surface area contributed by atoms with Crippen LogP contribution in [0.25, 0.3) is 0 Å². The third kappa shape index (κ3) is 2.96. The lowest BCUT2D eigenvalue weighted by molar-refractivity contribution is 0.414. The van der Waals surface area contributed by atoms with Crippen molar-refractivity contribution in [3.8, 4) is 5.75 Å². The van der Waals surface area contributed by atoms with Crippen LogP contribution in [0.15, 0.2) is 42.5 Å². The molecule has 0 saturated heterocycles. The standard InChI is InChI=1S/C18H21NO/c1-20-17-10-7-14(8-11-17)4-5-15-6-9-16-3-2-12-19-18(16)13-15/h6-11,13,19H,2-5,12H2,1H3. The second-order valence-corrected chi connectivity index (χ2v) is 5.37. The largest absolute Gasteiger partial charge is 0.497 e. The summed E-state index contributed by atoms with van der Waals surface area (Å²) in [6.07, 6.45) is 4.61. The number of fused-ring (bicyclic) bond motifs is 1. The van der Waals surface area contributed by atoms with Crippen LogP contribution in [0.1, 0.15) is 23.1 Å². The topological polar surface area (TPSA) is 21.3 Å². The van der Waals surface area contributed by atoms with E-state index in [-0.39, 0.29) is 0 Å². The Morgan fingerprint density at radius 1 is 1.00 bits per heavy atom. The van der Waals surface area contributed by atoms with Crippen LogP contribution in [0.3, 0.4) is 0 Å². The van der Waals surface area contributed by atoms with E-state index >= 15 is 0 Å². The zero-order chi connectivity index (χ0) is 13.8. The maximum absolute atomic E-state index is 5.19. The summed E-state index contributed by atoms with van der Waals surface area (Å²) in [6.45, 7) is 1.11. The molecule has 1 aliphatic rings. The molecule has 2 heteroatoms. The molecule has 0 amide bonds. The van der Waals surface area contributed by atoms with Gasteiger partial charge in [0, 0.05) is 12.2 Å². The molecule has 1 N–H and O–H groups in total. The quantitative estimate of drug-likeness (QED) is 0.908. The Morgan fingerprint density at radius 2 is 1.75 bits per heavy atom. The highest BCUT2D eigenvalue weighted by Crippen LogP contribution is 2.24. The van der Waals surface area contributed by atoms with Gasteiger partial charge >= 0.3 is 0 Å². The zero-order valence-electron chi connectivity index (χ0n) is 12.0. The first-order chi connectivity index (χ1) is 9.85. The molecule has 2 aromatic carbocycles. The fraction of sp³-hybridized carbons (Fsp3) is 0.333. The number of rotatable bonds is 4. The van der Waals surface area contributed by atoms with Crippen molar-refractivity contribution >= 4 is 5.69 Å². The molecule has 0 bridgehead atoms.